The zero-order valence-corrected chi connectivity index (χ0v) is 16.8. The topological polar surface area (TPSA) is 94.3 Å². The molecule has 0 aliphatic rings. The number of hydrogen-bond donors (Lipinski definition) is 1. The van der Waals surface area contributed by atoms with E-state index >= 15 is 0 Å². The van der Waals surface area contributed by atoms with Crippen molar-refractivity contribution in [3.05, 3.63) is 50.2 Å². The predicted molar refractivity (Wildman–Crippen MR) is 105 cm³/mol. The van der Waals surface area contributed by atoms with Crippen LogP contribution in [0.5, 0.6) is 0 Å². The highest BCUT2D eigenvalue weighted by atomic mass is 32.2. The summed E-state index contributed by atoms with van der Waals surface area (Å²) < 4.78 is 6.20. The minimum atomic E-state index is -0.697. The number of fused-ring (bicyclic) bond motifs is 1. The Bertz CT molecular complexity index is 1040. The van der Waals surface area contributed by atoms with Crippen molar-refractivity contribution in [1.82, 2.24) is 14.5 Å². The monoisotopic (exact) mass is 405 g/mol. The Hall–Kier alpha value is -2.23. The van der Waals surface area contributed by atoms with E-state index < -0.39 is 12.1 Å². The van der Waals surface area contributed by atoms with Crippen LogP contribution >= 0.6 is 23.1 Å². The molecule has 0 saturated heterocycles. The zero-order valence-electron chi connectivity index (χ0n) is 15.1. The smallest absolute Gasteiger partial charge is 0.337 e. The molecule has 2 heterocycles. The number of nitrogens with zero attached hydrogens (tertiary/aromatic N) is 3. The third-order valence-electron chi connectivity index (χ3n) is 3.80. The maximum Gasteiger partial charge on any atom is 0.337 e. The third-order valence-corrected chi connectivity index (χ3v) is 5.64. The van der Waals surface area contributed by atoms with Crippen molar-refractivity contribution in [1.29, 1.82) is 0 Å². The lowest BCUT2D eigenvalue weighted by Crippen LogP contribution is -2.28. The van der Waals surface area contributed by atoms with Gasteiger partial charge in [-0.15, -0.1) is 11.3 Å². The molecule has 1 N–H and O–H groups in total. The van der Waals surface area contributed by atoms with Gasteiger partial charge in [-0.1, -0.05) is 11.8 Å². The summed E-state index contributed by atoms with van der Waals surface area (Å²) in [5, 5.41) is 13.6. The number of thioether (sulfide) groups is 1. The maximum atomic E-state index is 12.9. The van der Waals surface area contributed by atoms with Crippen molar-refractivity contribution < 1.29 is 14.6 Å². The first-order valence-electron chi connectivity index (χ1n) is 8.24. The van der Waals surface area contributed by atoms with Gasteiger partial charge in [0.2, 0.25) is 0 Å². The van der Waals surface area contributed by atoms with Crippen molar-refractivity contribution in [2.24, 2.45) is 0 Å². The largest absolute Gasteiger partial charge is 0.465 e. The number of ether oxygens (including phenoxy) is 1. The van der Waals surface area contributed by atoms with Crippen LogP contribution in [-0.2, 0) is 17.0 Å². The van der Waals surface area contributed by atoms with E-state index in [1.807, 2.05) is 12.3 Å². The molecule has 9 heteroatoms. The van der Waals surface area contributed by atoms with Crippen LogP contribution in [0.15, 0.2) is 33.5 Å². The number of aliphatic hydroxyl groups is 1. The number of aliphatic hydroxyl groups excluding tert-OH is 1. The molecule has 1 aromatic carbocycles. The first-order chi connectivity index (χ1) is 12.9. The summed E-state index contributed by atoms with van der Waals surface area (Å²) in [7, 11) is 1.30. The second kappa shape index (κ2) is 8.20. The molecule has 142 valence electrons. The normalized spacial score (nSPS) is 12.3. The van der Waals surface area contributed by atoms with E-state index in [2.05, 4.69) is 9.97 Å². The van der Waals surface area contributed by atoms with Crippen molar-refractivity contribution in [3.63, 3.8) is 0 Å². The van der Waals surface area contributed by atoms with Gasteiger partial charge in [0.1, 0.15) is 0 Å². The van der Waals surface area contributed by atoms with Gasteiger partial charge in [-0.3, -0.25) is 9.36 Å². The van der Waals surface area contributed by atoms with E-state index in [0.717, 1.165) is 10.7 Å². The van der Waals surface area contributed by atoms with E-state index in [4.69, 9.17) is 4.74 Å². The standard InChI is InChI=1S/C18H19N3O4S2/c1-10(22)7-21-16(23)14-5-4-12(17(24)25-3)6-15(14)20-18(21)27-9-13-8-26-11(2)19-13/h4-6,8,10,22H,7,9H2,1-3H3/t10-/m0/s1. The van der Waals surface area contributed by atoms with E-state index in [1.54, 1.807) is 30.4 Å². The molecule has 0 radical (unpaired) electrons. The number of methoxy groups -OCH3 is 1. The number of esters is 1. The number of thiazole rings is 1. The first kappa shape index (κ1) is 19.5. The lowest BCUT2D eigenvalue weighted by molar-refractivity contribution is 0.0601. The van der Waals surface area contributed by atoms with Gasteiger partial charge in [0.05, 0.1) is 46.9 Å². The molecule has 3 aromatic rings. The van der Waals surface area contributed by atoms with Gasteiger partial charge in [0, 0.05) is 11.1 Å². The van der Waals surface area contributed by atoms with E-state index in [0.29, 0.717) is 27.4 Å². The van der Waals surface area contributed by atoms with Crippen LogP contribution in [0.3, 0.4) is 0 Å². The van der Waals surface area contributed by atoms with E-state index in [9.17, 15) is 14.7 Å². The van der Waals surface area contributed by atoms with Crippen LogP contribution in [0.4, 0.5) is 0 Å². The van der Waals surface area contributed by atoms with Crippen molar-refractivity contribution in [2.75, 3.05) is 7.11 Å². The number of aryl methyl sites for hydroxylation is 1. The number of benzene rings is 1. The van der Waals surface area contributed by atoms with Crippen molar-refractivity contribution >= 4 is 40.0 Å². The number of carbonyl (C=O) groups is 1. The minimum Gasteiger partial charge on any atom is -0.465 e. The van der Waals surface area contributed by atoms with E-state index in [1.165, 1.54) is 29.5 Å². The van der Waals surface area contributed by atoms with E-state index in [-0.39, 0.29) is 12.1 Å². The van der Waals surface area contributed by atoms with Gasteiger partial charge in [-0.2, -0.15) is 0 Å². The Labute approximate surface area is 164 Å². The summed E-state index contributed by atoms with van der Waals surface area (Å²) in [5.74, 6) is 0.0673. The lowest BCUT2D eigenvalue weighted by Gasteiger charge is -2.14. The molecule has 0 saturated carbocycles. The van der Waals surface area contributed by atoms with Crippen LogP contribution in [-0.4, -0.2) is 38.8 Å². The minimum absolute atomic E-state index is 0.138. The third kappa shape index (κ3) is 4.37. The summed E-state index contributed by atoms with van der Waals surface area (Å²) >= 11 is 2.94. The average Bonchev–Trinajstić information content (AvgIpc) is 3.06. The molecule has 0 spiro atoms. The molecule has 0 fully saturated rings. The number of aromatic nitrogens is 3. The molecule has 27 heavy (non-hydrogen) atoms. The number of carbonyl (C=O) groups excluding carboxylic acids is 1. The molecule has 1 atom stereocenters. The highest BCUT2D eigenvalue weighted by Gasteiger charge is 2.16. The van der Waals surface area contributed by atoms with Crippen LogP contribution < -0.4 is 5.56 Å². The molecule has 0 aliphatic carbocycles. The summed E-state index contributed by atoms with van der Waals surface area (Å²) in [5.41, 5.74) is 1.40. The molecule has 0 unspecified atom stereocenters. The Morgan fingerprint density at radius 1 is 1.41 bits per heavy atom. The molecule has 0 amide bonds. The second-order valence-electron chi connectivity index (χ2n) is 6.03. The fourth-order valence-electron chi connectivity index (χ4n) is 2.59. The van der Waals surface area contributed by atoms with Crippen molar-refractivity contribution in [2.45, 2.75) is 37.4 Å². The molecule has 0 bridgehead atoms. The van der Waals surface area contributed by atoms with Crippen LogP contribution in [0, 0.1) is 6.92 Å². The molecule has 2 aromatic heterocycles. The van der Waals surface area contributed by atoms with Gasteiger partial charge in [0.15, 0.2) is 5.16 Å². The molecule has 7 nitrogen and oxygen atoms in total. The lowest BCUT2D eigenvalue weighted by atomic mass is 10.1. The molecule has 0 aliphatic heterocycles. The van der Waals surface area contributed by atoms with Crippen LogP contribution in [0.1, 0.15) is 28.0 Å². The summed E-state index contributed by atoms with van der Waals surface area (Å²) in [6.07, 6.45) is -0.697. The van der Waals surface area contributed by atoms with Crippen molar-refractivity contribution in [3.8, 4) is 0 Å². The summed E-state index contributed by atoms with van der Waals surface area (Å²) in [4.78, 5) is 33.7. The van der Waals surface area contributed by atoms with Gasteiger partial charge in [-0.05, 0) is 32.0 Å². The SMILES string of the molecule is COC(=O)c1ccc2c(=O)n(C[C@H](C)O)c(SCc3csc(C)n3)nc2c1. The van der Waals surface area contributed by atoms with Crippen LogP contribution in [0.2, 0.25) is 0 Å². The Kier molecular flexibility index (Phi) is 5.93. The Balaban J connectivity index is 2.06. The number of hydrogen-bond acceptors (Lipinski definition) is 8. The summed E-state index contributed by atoms with van der Waals surface area (Å²) in [6, 6.07) is 4.65. The molecule has 3 rings (SSSR count). The quantitative estimate of drug-likeness (QED) is 0.383. The van der Waals surface area contributed by atoms with Crippen LogP contribution in [0.25, 0.3) is 10.9 Å². The fourth-order valence-corrected chi connectivity index (χ4v) is 4.21. The second-order valence-corrected chi connectivity index (χ2v) is 8.03. The highest BCUT2D eigenvalue weighted by molar-refractivity contribution is 7.98. The predicted octanol–water partition coefficient (Wildman–Crippen LogP) is 2.62. The number of rotatable bonds is 6. The maximum absolute atomic E-state index is 12.9. The summed E-state index contributed by atoms with van der Waals surface area (Å²) in [6.45, 7) is 3.69. The van der Waals surface area contributed by atoms with Gasteiger partial charge in [0.25, 0.3) is 5.56 Å². The zero-order chi connectivity index (χ0) is 19.6. The highest BCUT2D eigenvalue weighted by Crippen LogP contribution is 2.24. The van der Waals surface area contributed by atoms with Gasteiger partial charge >= 0.3 is 5.97 Å². The molecular weight excluding hydrogens is 386 g/mol. The Morgan fingerprint density at radius 3 is 2.81 bits per heavy atom. The van der Waals surface area contributed by atoms with Gasteiger partial charge in [-0.25, -0.2) is 14.8 Å². The van der Waals surface area contributed by atoms with Gasteiger partial charge < -0.3 is 9.84 Å². The Morgan fingerprint density at radius 2 is 2.19 bits per heavy atom. The molecular formula is C18H19N3O4S2. The average molecular weight is 406 g/mol. The first-order valence-corrected chi connectivity index (χ1v) is 10.1. The fraction of sp³-hybridized carbons (Fsp3) is 0.333.